The molecule has 1 aliphatic rings. The third-order valence-electron chi connectivity index (χ3n) is 2.12. The van der Waals surface area contributed by atoms with Crippen molar-refractivity contribution in [2.45, 2.75) is 13.5 Å². The smallest absolute Gasteiger partial charge is 0.231 e. The highest BCUT2D eigenvalue weighted by molar-refractivity contribution is 7.80. The third kappa shape index (κ3) is 2.33. The van der Waals surface area contributed by atoms with Crippen LogP contribution in [0.15, 0.2) is 23.2 Å². The van der Waals surface area contributed by atoms with Gasteiger partial charge in [-0.3, -0.25) is 4.99 Å². The number of hydrogen-bond acceptors (Lipinski definition) is 4. The minimum absolute atomic E-state index is 0.307. The van der Waals surface area contributed by atoms with Crippen LogP contribution in [0.1, 0.15) is 12.5 Å². The van der Waals surface area contributed by atoms with Gasteiger partial charge in [0.05, 0.1) is 6.54 Å². The Balaban J connectivity index is 2.13. The molecule has 3 nitrogen and oxygen atoms in total. The van der Waals surface area contributed by atoms with Crippen LogP contribution in [0.4, 0.5) is 0 Å². The molecule has 15 heavy (non-hydrogen) atoms. The normalized spacial score (nSPS) is 14.1. The first kappa shape index (κ1) is 10.1. The molecular weight excluding hydrogens is 210 g/mol. The van der Waals surface area contributed by atoms with Crippen LogP contribution in [-0.4, -0.2) is 17.9 Å². The van der Waals surface area contributed by atoms with E-state index in [9.17, 15) is 0 Å². The van der Waals surface area contributed by atoms with Crippen molar-refractivity contribution < 1.29 is 9.47 Å². The molecule has 1 heterocycles. The van der Waals surface area contributed by atoms with Crippen LogP contribution in [0.2, 0.25) is 0 Å². The molecule has 2 rings (SSSR count). The average molecular weight is 221 g/mol. The van der Waals surface area contributed by atoms with Gasteiger partial charge in [-0.1, -0.05) is 18.3 Å². The van der Waals surface area contributed by atoms with Crippen molar-refractivity contribution in [2.24, 2.45) is 4.99 Å². The molecule has 0 amide bonds. The molecular formula is C11H11NO2S. The lowest BCUT2D eigenvalue weighted by molar-refractivity contribution is 0.174. The van der Waals surface area contributed by atoms with E-state index in [0.717, 1.165) is 22.8 Å². The summed E-state index contributed by atoms with van der Waals surface area (Å²) in [6.45, 7) is 2.82. The van der Waals surface area contributed by atoms with Gasteiger partial charge in [-0.15, -0.1) is 0 Å². The molecule has 1 aromatic carbocycles. The van der Waals surface area contributed by atoms with Crippen LogP contribution >= 0.6 is 12.2 Å². The number of hydrogen-bond donors (Lipinski definition) is 0. The SMILES string of the molecule is CC(C=S)=NCc1ccc2c(c1)OCO2. The molecule has 0 atom stereocenters. The van der Waals surface area contributed by atoms with Gasteiger partial charge < -0.3 is 9.47 Å². The minimum atomic E-state index is 0.307. The van der Waals surface area contributed by atoms with Gasteiger partial charge in [0.15, 0.2) is 11.5 Å². The summed E-state index contributed by atoms with van der Waals surface area (Å²) in [5, 5.41) is 1.58. The van der Waals surface area contributed by atoms with Crippen molar-refractivity contribution in [3.8, 4) is 11.5 Å². The predicted octanol–water partition coefficient (Wildman–Crippen LogP) is 2.38. The Bertz CT molecular complexity index is 415. The highest BCUT2D eigenvalue weighted by atomic mass is 32.1. The van der Waals surface area contributed by atoms with Crippen molar-refractivity contribution in [3.05, 3.63) is 23.8 Å². The first-order chi connectivity index (χ1) is 7.29. The molecule has 4 heteroatoms. The Morgan fingerprint density at radius 1 is 1.47 bits per heavy atom. The highest BCUT2D eigenvalue weighted by Crippen LogP contribution is 2.32. The minimum Gasteiger partial charge on any atom is -0.454 e. The monoisotopic (exact) mass is 221 g/mol. The summed E-state index contributed by atoms with van der Waals surface area (Å²) in [5.74, 6) is 1.59. The van der Waals surface area contributed by atoms with E-state index in [1.54, 1.807) is 5.37 Å². The zero-order valence-corrected chi connectivity index (χ0v) is 9.21. The fourth-order valence-corrected chi connectivity index (χ4v) is 1.37. The van der Waals surface area contributed by atoms with Crippen molar-refractivity contribution in [1.82, 2.24) is 0 Å². The van der Waals surface area contributed by atoms with E-state index in [-0.39, 0.29) is 0 Å². The van der Waals surface area contributed by atoms with E-state index >= 15 is 0 Å². The number of ether oxygens (including phenoxy) is 2. The Morgan fingerprint density at radius 2 is 2.27 bits per heavy atom. The number of benzene rings is 1. The summed E-state index contributed by atoms with van der Waals surface area (Å²) in [5.41, 5.74) is 1.96. The topological polar surface area (TPSA) is 30.8 Å². The molecule has 0 fully saturated rings. The van der Waals surface area contributed by atoms with Gasteiger partial charge in [0.25, 0.3) is 0 Å². The predicted molar refractivity (Wildman–Crippen MR) is 63.0 cm³/mol. The zero-order chi connectivity index (χ0) is 10.7. The van der Waals surface area contributed by atoms with Crippen LogP contribution in [0.3, 0.4) is 0 Å². The Labute approximate surface area is 93.7 Å². The molecule has 0 saturated carbocycles. The van der Waals surface area contributed by atoms with Crippen LogP contribution in [-0.2, 0) is 6.54 Å². The van der Waals surface area contributed by atoms with Crippen LogP contribution in [0.25, 0.3) is 0 Å². The Kier molecular flexibility index (Phi) is 2.97. The van der Waals surface area contributed by atoms with Gasteiger partial charge in [0.2, 0.25) is 6.79 Å². The van der Waals surface area contributed by atoms with Crippen molar-refractivity contribution >= 4 is 23.3 Å². The summed E-state index contributed by atoms with van der Waals surface area (Å²) in [7, 11) is 0. The summed E-state index contributed by atoms with van der Waals surface area (Å²) < 4.78 is 10.5. The molecule has 0 aliphatic carbocycles. The Hall–Kier alpha value is -1.42. The quantitative estimate of drug-likeness (QED) is 0.580. The fraction of sp³-hybridized carbons (Fsp3) is 0.273. The Morgan fingerprint density at radius 3 is 3.07 bits per heavy atom. The van der Waals surface area contributed by atoms with Gasteiger partial charge in [-0.25, -0.2) is 0 Å². The van der Waals surface area contributed by atoms with E-state index in [1.165, 1.54) is 0 Å². The van der Waals surface area contributed by atoms with Crippen molar-refractivity contribution in [1.29, 1.82) is 0 Å². The molecule has 0 spiro atoms. The lowest BCUT2D eigenvalue weighted by Gasteiger charge is -1.99. The third-order valence-corrected chi connectivity index (χ3v) is 2.46. The molecule has 0 aromatic heterocycles. The lowest BCUT2D eigenvalue weighted by atomic mass is 10.2. The molecule has 78 valence electrons. The van der Waals surface area contributed by atoms with E-state index in [4.69, 9.17) is 21.7 Å². The first-order valence-corrected chi connectivity index (χ1v) is 5.11. The molecule has 0 unspecified atom stereocenters. The largest absolute Gasteiger partial charge is 0.454 e. The maximum atomic E-state index is 5.27. The molecule has 0 bridgehead atoms. The molecule has 0 N–H and O–H groups in total. The average Bonchev–Trinajstić information content (AvgIpc) is 2.72. The standard InChI is InChI=1S/C11H11NO2S/c1-8(6-15)12-5-9-2-3-10-11(4-9)14-7-13-10/h2-4,6H,5,7H2,1H3. The van der Waals surface area contributed by atoms with Gasteiger partial charge in [0, 0.05) is 11.1 Å². The lowest BCUT2D eigenvalue weighted by Crippen LogP contribution is -1.93. The van der Waals surface area contributed by atoms with Gasteiger partial charge >= 0.3 is 0 Å². The second-order valence-electron chi connectivity index (χ2n) is 3.26. The molecule has 1 aromatic rings. The summed E-state index contributed by atoms with van der Waals surface area (Å²) >= 11 is 4.77. The first-order valence-electron chi connectivity index (χ1n) is 4.64. The van der Waals surface area contributed by atoms with Crippen LogP contribution in [0, 0.1) is 0 Å². The number of thiocarbonyl (C=S) groups is 1. The molecule has 1 aliphatic heterocycles. The second kappa shape index (κ2) is 4.40. The molecule has 0 radical (unpaired) electrons. The zero-order valence-electron chi connectivity index (χ0n) is 8.40. The highest BCUT2D eigenvalue weighted by Gasteiger charge is 2.12. The fourth-order valence-electron chi connectivity index (χ4n) is 1.29. The van der Waals surface area contributed by atoms with Crippen molar-refractivity contribution in [3.63, 3.8) is 0 Å². The van der Waals surface area contributed by atoms with Gasteiger partial charge in [-0.2, -0.15) is 0 Å². The van der Waals surface area contributed by atoms with Crippen LogP contribution in [0.5, 0.6) is 11.5 Å². The van der Waals surface area contributed by atoms with E-state index < -0.39 is 0 Å². The maximum absolute atomic E-state index is 5.27. The second-order valence-corrected chi connectivity index (χ2v) is 3.50. The number of rotatable bonds is 3. The maximum Gasteiger partial charge on any atom is 0.231 e. The number of nitrogens with zero attached hydrogens (tertiary/aromatic N) is 1. The van der Waals surface area contributed by atoms with E-state index in [0.29, 0.717) is 13.3 Å². The van der Waals surface area contributed by atoms with Crippen LogP contribution < -0.4 is 9.47 Å². The molecule has 0 saturated heterocycles. The van der Waals surface area contributed by atoms with Gasteiger partial charge in [0.1, 0.15) is 0 Å². The number of fused-ring (bicyclic) bond motifs is 1. The van der Waals surface area contributed by atoms with E-state index in [2.05, 4.69) is 4.99 Å². The van der Waals surface area contributed by atoms with E-state index in [1.807, 2.05) is 25.1 Å². The van der Waals surface area contributed by atoms with Gasteiger partial charge in [-0.05, 0) is 24.6 Å². The summed E-state index contributed by atoms with van der Waals surface area (Å²) in [6, 6.07) is 5.83. The summed E-state index contributed by atoms with van der Waals surface area (Å²) in [6.07, 6.45) is 0. The summed E-state index contributed by atoms with van der Waals surface area (Å²) in [4.78, 5) is 4.30. The van der Waals surface area contributed by atoms with Crippen molar-refractivity contribution in [2.75, 3.05) is 6.79 Å². The number of aliphatic imine (C=N–C) groups is 1.